The van der Waals surface area contributed by atoms with E-state index in [9.17, 15) is 14.0 Å². The van der Waals surface area contributed by atoms with Gasteiger partial charge in [0.2, 0.25) is 0 Å². The lowest BCUT2D eigenvalue weighted by Crippen LogP contribution is -2.40. The van der Waals surface area contributed by atoms with Gasteiger partial charge in [0.1, 0.15) is 12.4 Å². The van der Waals surface area contributed by atoms with Crippen LogP contribution in [-0.4, -0.2) is 24.3 Å². The molecule has 0 fully saturated rings. The van der Waals surface area contributed by atoms with Gasteiger partial charge < -0.3 is 14.2 Å². The van der Waals surface area contributed by atoms with Gasteiger partial charge in [-0.15, -0.1) is 0 Å². The number of nitrogens with zero attached hydrogens (tertiary/aromatic N) is 2. The van der Waals surface area contributed by atoms with E-state index in [1.54, 1.807) is 41.0 Å². The molecule has 3 aromatic carbocycles. The van der Waals surface area contributed by atoms with Crippen molar-refractivity contribution >= 4 is 23.4 Å². The van der Waals surface area contributed by atoms with E-state index >= 15 is 0 Å². The number of esters is 1. The second-order valence-electron chi connectivity index (χ2n) is 9.22. The van der Waals surface area contributed by atoms with Crippen LogP contribution in [0.5, 0.6) is 11.5 Å². The molecule has 2 heterocycles. The van der Waals surface area contributed by atoms with Crippen molar-refractivity contribution in [2.75, 3.05) is 13.7 Å². The molecule has 0 N–H and O–H groups in total. The molecule has 1 aromatic heterocycles. The third kappa shape index (κ3) is 5.71. The van der Waals surface area contributed by atoms with Crippen molar-refractivity contribution in [3.05, 3.63) is 126 Å². The summed E-state index contributed by atoms with van der Waals surface area (Å²) in [6, 6.07) is 20.5. The van der Waals surface area contributed by atoms with Gasteiger partial charge in [0.25, 0.3) is 5.56 Å². The van der Waals surface area contributed by atoms with E-state index in [1.165, 1.54) is 24.5 Å². The van der Waals surface area contributed by atoms with Crippen molar-refractivity contribution in [2.24, 2.45) is 4.99 Å². The lowest BCUT2D eigenvalue weighted by atomic mass is 9.95. The molecule has 0 unspecified atom stereocenters. The lowest BCUT2D eigenvalue weighted by molar-refractivity contribution is -0.136. The van der Waals surface area contributed by atoms with Crippen LogP contribution in [0.1, 0.15) is 43.0 Å². The highest BCUT2D eigenvalue weighted by atomic mass is 32.1. The van der Waals surface area contributed by atoms with Crippen LogP contribution in [-0.2, 0) is 16.1 Å². The molecule has 41 heavy (non-hydrogen) atoms. The van der Waals surface area contributed by atoms with Crippen molar-refractivity contribution in [1.29, 1.82) is 0 Å². The smallest absolute Gasteiger partial charge is 0.338 e. The van der Waals surface area contributed by atoms with Crippen molar-refractivity contribution in [3.8, 4) is 11.5 Å². The van der Waals surface area contributed by atoms with Gasteiger partial charge in [0.05, 0.1) is 35.6 Å². The molecule has 1 aliphatic rings. The number of thiazole rings is 1. The molecular weight excluding hydrogens is 543 g/mol. The summed E-state index contributed by atoms with van der Waals surface area (Å²) in [5, 5.41) is 0. The minimum atomic E-state index is -0.662. The molecule has 1 atom stereocenters. The minimum Gasteiger partial charge on any atom is -0.490 e. The predicted octanol–water partition coefficient (Wildman–Crippen LogP) is 4.92. The molecule has 4 aromatic rings. The van der Waals surface area contributed by atoms with Gasteiger partial charge in [-0.05, 0) is 48.7 Å². The average Bonchev–Trinajstić information content (AvgIpc) is 3.30. The van der Waals surface area contributed by atoms with Crippen molar-refractivity contribution < 1.29 is 23.4 Å². The molecular formula is C32H29FN2O5S. The highest BCUT2D eigenvalue weighted by Crippen LogP contribution is 2.32. The number of carbonyl (C=O) groups excluding carboxylic acids is 1. The Morgan fingerprint density at radius 3 is 2.49 bits per heavy atom. The fourth-order valence-corrected chi connectivity index (χ4v) is 5.76. The molecule has 7 nitrogen and oxygen atoms in total. The molecule has 0 bridgehead atoms. The Morgan fingerprint density at radius 1 is 1.02 bits per heavy atom. The first-order valence-corrected chi connectivity index (χ1v) is 14.1. The van der Waals surface area contributed by atoms with Crippen LogP contribution in [0.4, 0.5) is 4.39 Å². The van der Waals surface area contributed by atoms with E-state index in [0.29, 0.717) is 50.7 Å². The molecule has 0 amide bonds. The van der Waals surface area contributed by atoms with E-state index in [4.69, 9.17) is 19.2 Å². The number of allylic oxidation sites excluding steroid dienone is 1. The van der Waals surface area contributed by atoms with Gasteiger partial charge in [-0.1, -0.05) is 72.9 Å². The second kappa shape index (κ2) is 12.3. The molecule has 0 spiro atoms. The Balaban J connectivity index is 1.57. The quantitative estimate of drug-likeness (QED) is 0.266. The molecule has 0 saturated carbocycles. The maximum atomic E-state index is 14.1. The van der Waals surface area contributed by atoms with Crippen LogP contribution in [0.3, 0.4) is 0 Å². The molecule has 9 heteroatoms. The zero-order chi connectivity index (χ0) is 28.9. The lowest BCUT2D eigenvalue weighted by Gasteiger charge is -2.25. The van der Waals surface area contributed by atoms with Gasteiger partial charge in [0, 0.05) is 5.56 Å². The molecule has 0 radical (unpaired) electrons. The highest BCUT2D eigenvalue weighted by molar-refractivity contribution is 7.07. The van der Waals surface area contributed by atoms with Crippen molar-refractivity contribution in [1.82, 2.24) is 4.57 Å². The zero-order valence-corrected chi connectivity index (χ0v) is 23.7. The van der Waals surface area contributed by atoms with E-state index < -0.39 is 12.0 Å². The average molecular weight is 573 g/mol. The Hall–Kier alpha value is -4.50. The summed E-state index contributed by atoms with van der Waals surface area (Å²) in [6.07, 6.45) is 2.27. The van der Waals surface area contributed by atoms with E-state index in [0.717, 1.165) is 11.1 Å². The van der Waals surface area contributed by atoms with Gasteiger partial charge in [-0.3, -0.25) is 9.36 Å². The van der Waals surface area contributed by atoms with E-state index in [1.807, 2.05) is 50.2 Å². The zero-order valence-electron chi connectivity index (χ0n) is 22.9. The summed E-state index contributed by atoms with van der Waals surface area (Å²) >= 11 is 1.26. The van der Waals surface area contributed by atoms with Gasteiger partial charge >= 0.3 is 5.97 Å². The number of hydrogen-bond donors (Lipinski definition) is 0. The first kappa shape index (κ1) is 28.0. The maximum absolute atomic E-state index is 14.1. The Kier molecular flexibility index (Phi) is 8.45. The number of ether oxygens (including phenoxy) is 3. The van der Waals surface area contributed by atoms with Crippen LogP contribution in [0, 0.1) is 5.82 Å². The number of rotatable bonds is 9. The SMILES string of the molecule is CCOc1cc(/C=c2\sc3n(c2=O)[C@H](c2ccccc2)C(C(=O)OC)=C(CC)N=3)ccc1OCc1ccccc1F. The Labute approximate surface area is 240 Å². The molecule has 0 aliphatic carbocycles. The Morgan fingerprint density at radius 2 is 1.78 bits per heavy atom. The topological polar surface area (TPSA) is 79.1 Å². The van der Waals surface area contributed by atoms with Crippen LogP contribution in [0.25, 0.3) is 6.08 Å². The van der Waals surface area contributed by atoms with Crippen molar-refractivity contribution in [3.63, 3.8) is 0 Å². The fourth-order valence-electron chi connectivity index (χ4n) is 4.74. The predicted molar refractivity (Wildman–Crippen MR) is 155 cm³/mol. The highest BCUT2D eigenvalue weighted by Gasteiger charge is 2.33. The first-order chi connectivity index (χ1) is 19.9. The van der Waals surface area contributed by atoms with E-state index in [-0.39, 0.29) is 18.0 Å². The van der Waals surface area contributed by atoms with E-state index in [2.05, 4.69) is 0 Å². The summed E-state index contributed by atoms with van der Waals surface area (Å²) < 4.78 is 32.9. The summed E-state index contributed by atoms with van der Waals surface area (Å²) in [5.74, 6) is 0.0933. The third-order valence-corrected chi connectivity index (χ3v) is 7.65. The normalized spacial score (nSPS) is 14.8. The largest absolute Gasteiger partial charge is 0.490 e. The summed E-state index contributed by atoms with van der Waals surface area (Å²) in [4.78, 5) is 32.0. The number of carbonyl (C=O) groups is 1. The van der Waals surface area contributed by atoms with Crippen LogP contribution < -0.4 is 24.4 Å². The molecule has 1 aliphatic heterocycles. The number of aromatic nitrogens is 1. The maximum Gasteiger partial charge on any atom is 0.338 e. The summed E-state index contributed by atoms with van der Waals surface area (Å²) in [7, 11) is 1.33. The second-order valence-corrected chi connectivity index (χ2v) is 10.2. The third-order valence-electron chi connectivity index (χ3n) is 6.67. The Bertz CT molecular complexity index is 1790. The number of benzene rings is 3. The summed E-state index contributed by atoms with van der Waals surface area (Å²) in [6.45, 7) is 4.23. The molecule has 0 saturated heterocycles. The monoisotopic (exact) mass is 572 g/mol. The number of methoxy groups -OCH3 is 1. The number of fused-ring (bicyclic) bond motifs is 1. The van der Waals surface area contributed by atoms with Gasteiger partial charge in [-0.25, -0.2) is 14.2 Å². The first-order valence-electron chi connectivity index (χ1n) is 13.3. The number of hydrogen-bond acceptors (Lipinski definition) is 7. The van der Waals surface area contributed by atoms with Crippen LogP contribution in [0.2, 0.25) is 0 Å². The minimum absolute atomic E-state index is 0.0481. The van der Waals surface area contributed by atoms with Crippen LogP contribution >= 0.6 is 11.3 Å². The van der Waals surface area contributed by atoms with Crippen LogP contribution in [0.15, 0.2) is 93.9 Å². The van der Waals surface area contributed by atoms with Gasteiger partial charge in [-0.2, -0.15) is 0 Å². The molecule has 5 rings (SSSR count). The fraction of sp³-hybridized carbons (Fsp3) is 0.219. The molecule has 210 valence electrons. The summed E-state index contributed by atoms with van der Waals surface area (Å²) in [5.41, 5.74) is 2.62. The van der Waals surface area contributed by atoms with Crippen molar-refractivity contribution in [2.45, 2.75) is 32.9 Å². The van der Waals surface area contributed by atoms with Gasteiger partial charge in [0.15, 0.2) is 16.3 Å². The number of halogens is 1. The standard InChI is InChI=1S/C32H29FN2O5S/c1-4-24-28(31(37)38-3)29(21-11-7-6-8-12-21)35-30(36)27(41-32(35)34-24)18-20-15-16-25(26(17-20)39-5-2)40-19-22-13-9-10-14-23(22)33/h6-18,29H,4-5,19H2,1-3H3/b27-18-/t29-/m1/s1.